The molecule has 0 aliphatic heterocycles. The van der Waals surface area contributed by atoms with E-state index in [4.69, 9.17) is 16.3 Å². The second-order valence-corrected chi connectivity index (χ2v) is 3.76. The van der Waals surface area contributed by atoms with Crippen molar-refractivity contribution in [2.45, 2.75) is 19.4 Å². The normalized spacial score (nSPS) is 11.2. The van der Waals surface area contributed by atoms with Gasteiger partial charge in [0.05, 0.1) is 0 Å². The van der Waals surface area contributed by atoms with Gasteiger partial charge in [-0.25, -0.2) is 9.97 Å². The molecular formula is C9H12ClN3O2. The average molecular weight is 230 g/mol. The molecule has 0 radical (unpaired) electrons. The van der Waals surface area contributed by atoms with E-state index in [9.17, 15) is 4.79 Å². The van der Waals surface area contributed by atoms with E-state index in [1.54, 1.807) is 13.8 Å². The first-order chi connectivity index (χ1) is 6.95. The molecule has 0 atom stereocenters. The zero-order valence-corrected chi connectivity index (χ0v) is 9.50. The number of ether oxygens (including phenoxy) is 1. The highest BCUT2D eigenvalue weighted by Gasteiger charge is 2.27. The first kappa shape index (κ1) is 11.9. The van der Waals surface area contributed by atoms with Gasteiger partial charge in [-0.1, -0.05) is 11.6 Å². The molecule has 0 saturated carbocycles. The molecule has 0 aliphatic rings. The third-order valence-electron chi connectivity index (χ3n) is 1.90. The predicted octanol–water partition coefficient (Wildman–Crippen LogP) is 1.49. The Bertz CT molecular complexity index is 368. The summed E-state index contributed by atoms with van der Waals surface area (Å²) in [5, 5.41) is 2.78. The van der Waals surface area contributed by atoms with Crippen LogP contribution in [0, 0.1) is 0 Å². The maximum atomic E-state index is 11.6. The Labute approximate surface area is 92.8 Å². The maximum Gasteiger partial charge on any atom is 0.258 e. The second-order valence-electron chi connectivity index (χ2n) is 3.37. The second kappa shape index (κ2) is 4.55. The molecule has 1 amide bonds. The lowest BCUT2D eigenvalue weighted by atomic mass is 10.1. The lowest BCUT2D eigenvalue weighted by Gasteiger charge is -2.20. The third kappa shape index (κ3) is 3.14. The van der Waals surface area contributed by atoms with E-state index in [-0.39, 0.29) is 17.0 Å². The summed E-state index contributed by atoms with van der Waals surface area (Å²) < 4.78 is 5.00. The smallest absolute Gasteiger partial charge is 0.258 e. The van der Waals surface area contributed by atoms with Crippen LogP contribution < -0.4 is 5.32 Å². The Balaban J connectivity index is 2.75. The summed E-state index contributed by atoms with van der Waals surface area (Å²) in [5.41, 5.74) is -0.925. The summed E-state index contributed by atoms with van der Waals surface area (Å²) in [5.74, 6) is -0.162. The Morgan fingerprint density at radius 2 is 2.27 bits per heavy atom. The largest absolute Gasteiger partial charge is 0.369 e. The van der Waals surface area contributed by atoms with Crippen LogP contribution in [0.15, 0.2) is 12.3 Å². The van der Waals surface area contributed by atoms with E-state index in [1.165, 1.54) is 19.4 Å². The van der Waals surface area contributed by atoms with Crippen LogP contribution >= 0.6 is 11.6 Å². The minimum Gasteiger partial charge on any atom is -0.369 e. The van der Waals surface area contributed by atoms with Crippen molar-refractivity contribution >= 4 is 23.5 Å². The quantitative estimate of drug-likeness (QED) is 0.798. The Morgan fingerprint density at radius 3 is 2.80 bits per heavy atom. The molecule has 0 spiro atoms. The van der Waals surface area contributed by atoms with Gasteiger partial charge in [-0.2, -0.15) is 0 Å². The maximum absolute atomic E-state index is 11.6. The summed E-state index contributed by atoms with van der Waals surface area (Å²) in [6, 6.07) is 1.53. The highest BCUT2D eigenvalue weighted by molar-refractivity contribution is 6.29. The minimum absolute atomic E-state index is 0.164. The van der Waals surface area contributed by atoms with Crippen molar-refractivity contribution < 1.29 is 9.53 Å². The van der Waals surface area contributed by atoms with Gasteiger partial charge in [0.15, 0.2) is 0 Å². The van der Waals surface area contributed by atoms with Crippen LogP contribution in [0.2, 0.25) is 5.15 Å². The van der Waals surface area contributed by atoms with E-state index >= 15 is 0 Å². The summed E-state index contributed by atoms with van der Waals surface area (Å²) >= 11 is 5.64. The van der Waals surface area contributed by atoms with Gasteiger partial charge in [0.1, 0.15) is 10.8 Å². The summed E-state index contributed by atoms with van der Waals surface area (Å²) in [4.78, 5) is 19.3. The van der Waals surface area contributed by atoms with Crippen molar-refractivity contribution in [3.05, 3.63) is 17.4 Å². The Kier molecular flexibility index (Phi) is 3.60. The van der Waals surface area contributed by atoms with Gasteiger partial charge in [0, 0.05) is 13.3 Å². The van der Waals surface area contributed by atoms with Crippen LogP contribution in [0.1, 0.15) is 13.8 Å². The van der Waals surface area contributed by atoms with Crippen molar-refractivity contribution in [2.75, 3.05) is 12.4 Å². The molecule has 0 aromatic carbocycles. The van der Waals surface area contributed by atoms with E-state index < -0.39 is 5.60 Å². The molecule has 1 aromatic heterocycles. The van der Waals surface area contributed by atoms with Gasteiger partial charge in [0.2, 0.25) is 5.95 Å². The van der Waals surface area contributed by atoms with Crippen LogP contribution in [0.4, 0.5) is 5.95 Å². The summed E-state index contributed by atoms with van der Waals surface area (Å²) in [6.07, 6.45) is 1.46. The Morgan fingerprint density at radius 1 is 1.60 bits per heavy atom. The molecule has 0 bridgehead atoms. The number of halogens is 1. The van der Waals surface area contributed by atoms with Crippen molar-refractivity contribution in [2.24, 2.45) is 0 Å². The fourth-order valence-corrected chi connectivity index (χ4v) is 0.878. The SMILES string of the molecule is COC(C)(C)C(=O)Nc1nccc(Cl)n1. The molecule has 5 nitrogen and oxygen atoms in total. The number of hydrogen-bond acceptors (Lipinski definition) is 4. The molecule has 0 saturated heterocycles. The van der Waals surface area contributed by atoms with Gasteiger partial charge in [-0.15, -0.1) is 0 Å². The number of amides is 1. The number of carbonyl (C=O) groups is 1. The number of nitrogens with zero attached hydrogens (tertiary/aromatic N) is 2. The first-order valence-electron chi connectivity index (χ1n) is 4.31. The number of aromatic nitrogens is 2. The van der Waals surface area contributed by atoms with Gasteiger partial charge >= 0.3 is 0 Å². The molecule has 0 aliphatic carbocycles. The monoisotopic (exact) mass is 229 g/mol. The van der Waals surface area contributed by atoms with Gasteiger partial charge in [-0.05, 0) is 19.9 Å². The molecule has 82 valence electrons. The van der Waals surface area contributed by atoms with E-state index in [1.807, 2.05) is 0 Å². The average Bonchev–Trinajstić information content (AvgIpc) is 2.17. The fourth-order valence-electron chi connectivity index (χ4n) is 0.742. The molecule has 1 N–H and O–H groups in total. The van der Waals surface area contributed by atoms with Crippen molar-refractivity contribution in [1.82, 2.24) is 9.97 Å². The lowest BCUT2D eigenvalue weighted by Crippen LogP contribution is -2.39. The zero-order valence-electron chi connectivity index (χ0n) is 8.74. The number of anilines is 1. The van der Waals surface area contributed by atoms with Crippen molar-refractivity contribution in [1.29, 1.82) is 0 Å². The molecule has 0 fully saturated rings. The van der Waals surface area contributed by atoms with Gasteiger partial charge < -0.3 is 4.74 Å². The highest BCUT2D eigenvalue weighted by Crippen LogP contribution is 2.11. The number of methoxy groups -OCH3 is 1. The lowest BCUT2D eigenvalue weighted by molar-refractivity contribution is -0.133. The van der Waals surface area contributed by atoms with E-state index in [0.717, 1.165) is 0 Å². The van der Waals surface area contributed by atoms with Crippen LogP contribution in [0.5, 0.6) is 0 Å². The standard InChI is InChI=1S/C9H12ClN3O2/c1-9(2,15-3)7(14)13-8-11-5-4-6(10)12-8/h4-5H,1-3H3,(H,11,12,13,14). The molecule has 1 heterocycles. The fraction of sp³-hybridized carbons (Fsp3) is 0.444. The minimum atomic E-state index is -0.925. The molecule has 6 heteroatoms. The Hall–Kier alpha value is -1.20. The predicted molar refractivity (Wildman–Crippen MR) is 56.8 cm³/mol. The third-order valence-corrected chi connectivity index (χ3v) is 2.11. The molecule has 1 aromatic rings. The van der Waals surface area contributed by atoms with Gasteiger partial charge in [-0.3, -0.25) is 10.1 Å². The van der Waals surface area contributed by atoms with Crippen molar-refractivity contribution in [3.63, 3.8) is 0 Å². The topological polar surface area (TPSA) is 64.1 Å². The number of carbonyl (C=O) groups excluding carboxylic acids is 1. The van der Waals surface area contributed by atoms with Crippen LogP contribution in [-0.4, -0.2) is 28.6 Å². The number of nitrogens with one attached hydrogen (secondary N) is 1. The van der Waals surface area contributed by atoms with E-state index in [2.05, 4.69) is 15.3 Å². The van der Waals surface area contributed by atoms with Crippen LogP contribution in [0.25, 0.3) is 0 Å². The first-order valence-corrected chi connectivity index (χ1v) is 4.68. The molecule has 15 heavy (non-hydrogen) atoms. The molecular weight excluding hydrogens is 218 g/mol. The summed E-state index contributed by atoms with van der Waals surface area (Å²) in [7, 11) is 1.46. The van der Waals surface area contributed by atoms with Crippen molar-refractivity contribution in [3.8, 4) is 0 Å². The van der Waals surface area contributed by atoms with E-state index in [0.29, 0.717) is 0 Å². The highest BCUT2D eigenvalue weighted by atomic mass is 35.5. The number of hydrogen-bond donors (Lipinski definition) is 1. The molecule has 0 unspecified atom stereocenters. The zero-order chi connectivity index (χ0) is 11.5. The van der Waals surface area contributed by atoms with Crippen LogP contribution in [-0.2, 0) is 9.53 Å². The van der Waals surface area contributed by atoms with Gasteiger partial charge in [0.25, 0.3) is 5.91 Å². The summed E-state index contributed by atoms with van der Waals surface area (Å²) in [6.45, 7) is 3.29. The molecule has 1 rings (SSSR count). The number of rotatable bonds is 3. The van der Waals surface area contributed by atoms with Crippen LogP contribution in [0.3, 0.4) is 0 Å².